The van der Waals surface area contributed by atoms with Gasteiger partial charge in [-0.3, -0.25) is 4.90 Å². The summed E-state index contributed by atoms with van der Waals surface area (Å²) in [5, 5.41) is 17.9. The lowest BCUT2D eigenvalue weighted by Crippen LogP contribution is -2.23. The standard InChI is InChI=1S/C8H8N2O4S/c9-6-5(7(11)12)3-1-10(8(13)14)2-4(3)15-6/h1-2,9H2,(H,11,12)(H,13,14). The summed E-state index contributed by atoms with van der Waals surface area (Å²) >= 11 is 1.14. The number of carboxylic acid groups (broad SMARTS) is 2. The fourth-order valence-corrected chi connectivity index (χ4v) is 2.71. The zero-order valence-corrected chi connectivity index (χ0v) is 8.37. The van der Waals surface area contributed by atoms with Crippen molar-refractivity contribution in [3.63, 3.8) is 0 Å². The Labute approximate surface area is 88.5 Å². The zero-order valence-electron chi connectivity index (χ0n) is 7.56. The molecule has 7 heteroatoms. The number of carboxylic acids is 1. The largest absolute Gasteiger partial charge is 0.478 e. The first-order chi connectivity index (χ1) is 7.00. The van der Waals surface area contributed by atoms with Gasteiger partial charge in [0.1, 0.15) is 5.00 Å². The van der Waals surface area contributed by atoms with E-state index in [0.717, 1.165) is 21.1 Å². The first-order valence-corrected chi connectivity index (χ1v) is 4.93. The maximum absolute atomic E-state index is 10.9. The van der Waals surface area contributed by atoms with Gasteiger partial charge in [-0.25, -0.2) is 9.59 Å². The predicted molar refractivity (Wildman–Crippen MR) is 53.0 cm³/mol. The van der Waals surface area contributed by atoms with Crippen molar-refractivity contribution < 1.29 is 19.8 Å². The molecule has 0 unspecified atom stereocenters. The summed E-state index contributed by atoms with van der Waals surface area (Å²) in [6.45, 7) is 0.340. The van der Waals surface area contributed by atoms with Crippen LogP contribution in [0.3, 0.4) is 0 Å². The lowest BCUT2D eigenvalue weighted by atomic mass is 10.1. The summed E-state index contributed by atoms with van der Waals surface area (Å²) in [6.07, 6.45) is -1.05. The zero-order chi connectivity index (χ0) is 11.2. The molecule has 4 N–H and O–H groups in total. The molecule has 0 bridgehead atoms. The first-order valence-electron chi connectivity index (χ1n) is 4.12. The van der Waals surface area contributed by atoms with E-state index in [1.807, 2.05) is 0 Å². The number of nitrogen functional groups attached to an aromatic ring is 1. The summed E-state index contributed by atoms with van der Waals surface area (Å²) < 4.78 is 0. The Morgan fingerprint density at radius 1 is 1.33 bits per heavy atom. The van der Waals surface area contributed by atoms with E-state index in [4.69, 9.17) is 15.9 Å². The molecule has 6 nitrogen and oxygen atoms in total. The topological polar surface area (TPSA) is 104 Å². The van der Waals surface area contributed by atoms with Gasteiger partial charge in [-0.15, -0.1) is 11.3 Å². The van der Waals surface area contributed by atoms with E-state index < -0.39 is 12.1 Å². The average molecular weight is 228 g/mol. The van der Waals surface area contributed by atoms with Crippen molar-refractivity contribution in [1.29, 1.82) is 0 Å². The molecule has 80 valence electrons. The van der Waals surface area contributed by atoms with Crippen LogP contribution < -0.4 is 5.73 Å². The molecule has 0 spiro atoms. The molecule has 1 aromatic rings. The Morgan fingerprint density at radius 2 is 2.00 bits per heavy atom. The Bertz CT molecular complexity index is 454. The van der Waals surface area contributed by atoms with Crippen molar-refractivity contribution in [2.24, 2.45) is 0 Å². The van der Waals surface area contributed by atoms with Crippen molar-refractivity contribution in [1.82, 2.24) is 4.90 Å². The van der Waals surface area contributed by atoms with Crippen molar-refractivity contribution in [3.05, 3.63) is 16.0 Å². The maximum Gasteiger partial charge on any atom is 0.407 e. The molecule has 2 heterocycles. The van der Waals surface area contributed by atoms with Crippen LogP contribution >= 0.6 is 11.3 Å². The molecule has 1 aromatic heterocycles. The van der Waals surface area contributed by atoms with Gasteiger partial charge in [0.25, 0.3) is 0 Å². The number of rotatable bonds is 1. The highest BCUT2D eigenvalue weighted by molar-refractivity contribution is 7.16. The van der Waals surface area contributed by atoms with Crippen molar-refractivity contribution >= 4 is 28.4 Å². The minimum absolute atomic E-state index is 0.0544. The molecular formula is C8H8N2O4S. The monoisotopic (exact) mass is 228 g/mol. The molecule has 1 aliphatic heterocycles. The van der Waals surface area contributed by atoms with Crippen LogP contribution in [-0.2, 0) is 13.1 Å². The van der Waals surface area contributed by atoms with Gasteiger partial charge in [-0.2, -0.15) is 0 Å². The van der Waals surface area contributed by atoms with Crippen LogP contribution in [0.1, 0.15) is 20.8 Å². The molecule has 0 saturated carbocycles. The Hall–Kier alpha value is -1.76. The second kappa shape index (κ2) is 3.13. The Morgan fingerprint density at radius 3 is 2.53 bits per heavy atom. The van der Waals surface area contributed by atoms with E-state index in [0.29, 0.717) is 5.56 Å². The first kappa shape index (κ1) is 9.78. The molecule has 0 aromatic carbocycles. The van der Waals surface area contributed by atoms with Gasteiger partial charge in [0.05, 0.1) is 18.7 Å². The molecule has 15 heavy (non-hydrogen) atoms. The lowest BCUT2D eigenvalue weighted by Gasteiger charge is -2.10. The smallest absolute Gasteiger partial charge is 0.407 e. The molecule has 0 saturated heterocycles. The van der Waals surface area contributed by atoms with Crippen LogP contribution in [0.15, 0.2) is 0 Å². The van der Waals surface area contributed by atoms with E-state index in [1.54, 1.807) is 0 Å². The number of carbonyl (C=O) groups is 2. The predicted octanol–water partition coefficient (Wildman–Crippen LogP) is 1.02. The van der Waals surface area contributed by atoms with E-state index in [1.165, 1.54) is 0 Å². The van der Waals surface area contributed by atoms with Crippen molar-refractivity contribution in [3.8, 4) is 0 Å². The minimum atomic E-state index is -1.10. The van der Waals surface area contributed by atoms with E-state index in [-0.39, 0.29) is 23.7 Å². The Kier molecular flexibility index (Phi) is 2.04. The maximum atomic E-state index is 10.9. The summed E-state index contributed by atoms with van der Waals surface area (Å²) in [5.41, 5.74) is 6.13. The lowest BCUT2D eigenvalue weighted by molar-refractivity contribution is 0.0696. The number of hydrogen-bond donors (Lipinski definition) is 3. The van der Waals surface area contributed by atoms with Gasteiger partial charge in [0.2, 0.25) is 0 Å². The van der Waals surface area contributed by atoms with Gasteiger partial charge >= 0.3 is 12.1 Å². The second-order valence-electron chi connectivity index (χ2n) is 3.19. The van der Waals surface area contributed by atoms with Crippen LogP contribution in [0.25, 0.3) is 0 Å². The summed E-state index contributed by atoms with van der Waals surface area (Å²) in [4.78, 5) is 23.5. The van der Waals surface area contributed by atoms with Crippen molar-refractivity contribution in [2.45, 2.75) is 13.1 Å². The van der Waals surface area contributed by atoms with Gasteiger partial charge in [-0.1, -0.05) is 0 Å². The fraction of sp³-hybridized carbons (Fsp3) is 0.250. The minimum Gasteiger partial charge on any atom is -0.478 e. The molecular weight excluding hydrogens is 220 g/mol. The highest BCUT2D eigenvalue weighted by atomic mass is 32.1. The fourth-order valence-electron chi connectivity index (χ4n) is 1.62. The van der Waals surface area contributed by atoms with Crippen LogP contribution in [0.2, 0.25) is 0 Å². The quantitative estimate of drug-likeness (QED) is 0.665. The summed E-state index contributed by atoms with van der Waals surface area (Å²) in [6, 6.07) is 0. The van der Waals surface area contributed by atoms with Gasteiger partial charge < -0.3 is 15.9 Å². The van der Waals surface area contributed by atoms with E-state index >= 15 is 0 Å². The molecule has 0 fully saturated rings. The number of thiophene rings is 1. The molecule has 0 aliphatic carbocycles. The third-order valence-corrected chi connectivity index (χ3v) is 3.33. The summed E-state index contributed by atoms with van der Waals surface area (Å²) in [7, 11) is 0. The van der Waals surface area contributed by atoms with Crippen LogP contribution in [0.4, 0.5) is 9.80 Å². The SMILES string of the molecule is Nc1sc2c(c1C(=O)O)CN(C(=O)O)C2. The third-order valence-electron chi connectivity index (χ3n) is 2.29. The number of nitrogens with two attached hydrogens (primary N) is 1. The highest BCUT2D eigenvalue weighted by Crippen LogP contribution is 2.37. The number of aromatic carboxylic acids is 1. The number of nitrogens with zero attached hydrogens (tertiary/aromatic N) is 1. The van der Waals surface area contributed by atoms with Crippen molar-refractivity contribution in [2.75, 3.05) is 5.73 Å². The molecule has 0 atom stereocenters. The van der Waals surface area contributed by atoms with Crippen LogP contribution in [0, 0.1) is 0 Å². The van der Waals surface area contributed by atoms with Gasteiger partial charge in [0, 0.05) is 10.4 Å². The number of anilines is 1. The normalized spacial score (nSPS) is 14.0. The number of fused-ring (bicyclic) bond motifs is 1. The van der Waals surface area contributed by atoms with Gasteiger partial charge in [-0.05, 0) is 0 Å². The van der Waals surface area contributed by atoms with Gasteiger partial charge in [0.15, 0.2) is 0 Å². The highest BCUT2D eigenvalue weighted by Gasteiger charge is 2.31. The van der Waals surface area contributed by atoms with E-state index in [9.17, 15) is 9.59 Å². The third kappa shape index (κ3) is 1.40. The molecule has 1 amide bonds. The second-order valence-corrected chi connectivity index (χ2v) is 4.32. The number of hydrogen-bond acceptors (Lipinski definition) is 4. The molecule has 0 radical (unpaired) electrons. The average Bonchev–Trinajstić information content (AvgIpc) is 2.58. The van der Waals surface area contributed by atoms with Crippen LogP contribution in [-0.4, -0.2) is 27.2 Å². The summed E-state index contributed by atoms with van der Waals surface area (Å²) in [5.74, 6) is -1.10. The van der Waals surface area contributed by atoms with Crippen LogP contribution in [0.5, 0.6) is 0 Å². The number of amides is 1. The van der Waals surface area contributed by atoms with E-state index in [2.05, 4.69) is 0 Å². The Balaban J connectivity index is 2.41. The molecule has 1 aliphatic rings. The molecule has 2 rings (SSSR count).